The molecule has 35 heavy (non-hydrogen) atoms. The fourth-order valence-electron chi connectivity index (χ4n) is 4.78. The summed E-state index contributed by atoms with van der Waals surface area (Å²) in [5, 5.41) is 0. The minimum Gasteiger partial charge on any atom is -0.461 e. The Morgan fingerprint density at radius 3 is 2.00 bits per heavy atom. The van der Waals surface area contributed by atoms with Gasteiger partial charge in [-0.25, -0.2) is 9.97 Å². The summed E-state index contributed by atoms with van der Waals surface area (Å²) in [7, 11) is 0. The molecule has 0 N–H and O–H groups in total. The van der Waals surface area contributed by atoms with Crippen molar-refractivity contribution in [2.75, 3.05) is 13.2 Å². The first kappa shape index (κ1) is 24.3. The van der Waals surface area contributed by atoms with Gasteiger partial charge in [0.1, 0.15) is 13.2 Å². The first-order chi connectivity index (χ1) is 16.9. The number of fused-ring (bicyclic) bond motifs is 4. The number of benzene rings is 2. The van der Waals surface area contributed by atoms with Crippen LogP contribution in [-0.4, -0.2) is 35.1 Å². The molecule has 1 heterocycles. The van der Waals surface area contributed by atoms with Crippen molar-refractivity contribution < 1.29 is 19.1 Å². The minimum absolute atomic E-state index is 0.163. The van der Waals surface area contributed by atoms with Crippen LogP contribution in [-0.2, 0) is 24.5 Å². The van der Waals surface area contributed by atoms with Crippen LogP contribution in [0.2, 0.25) is 0 Å². The second-order valence-electron chi connectivity index (χ2n) is 8.92. The van der Waals surface area contributed by atoms with E-state index in [-0.39, 0.29) is 38.0 Å². The number of aromatic nitrogens is 2. The highest BCUT2D eigenvalue weighted by molar-refractivity contribution is 5.85. The Hall–Kier alpha value is -3.80. The predicted octanol–water partition coefficient (Wildman–Crippen LogP) is 5.53. The molecule has 0 amide bonds. The van der Waals surface area contributed by atoms with E-state index in [0.717, 1.165) is 44.7 Å². The summed E-state index contributed by atoms with van der Waals surface area (Å²) < 4.78 is 10.5. The Balaban J connectivity index is 1.83. The number of carbonyl (C=O) groups is 2. The predicted molar refractivity (Wildman–Crippen MR) is 136 cm³/mol. The second-order valence-corrected chi connectivity index (χ2v) is 8.92. The van der Waals surface area contributed by atoms with Crippen molar-refractivity contribution in [3.05, 3.63) is 84.1 Å². The Bertz CT molecular complexity index is 1280. The van der Waals surface area contributed by atoms with Gasteiger partial charge in [-0.05, 0) is 55.5 Å². The molecule has 6 heteroatoms. The summed E-state index contributed by atoms with van der Waals surface area (Å²) in [6.45, 7) is 11.6. The molecule has 1 aromatic heterocycles. The lowest BCUT2D eigenvalue weighted by Gasteiger charge is -2.30. The summed E-state index contributed by atoms with van der Waals surface area (Å²) in [5.41, 5.74) is 6.83. The summed E-state index contributed by atoms with van der Waals surface area (Å²) in [5.74, 6) is -0.630. The van der Waals surface area contributed by atoms with Crippen LogP contribution in [0.3, 0.4) is 0 Å². The smallest absolute Gasteiger partial charge is 0.306 e. The molecule has 1 aliphatic rings. The molecule has 0 unspecified atom stereocenters. The molecule has 0 spiro atoms. The fourth-order valence-corrected chi connectivity index (χ4v) is 4.78. The minimum atomic E-state index is -0.674. The molecule has 0 saturated carbocycles. The lowest BCUT2D eigenvalue weighted by molar-refractivity contribution is -0.142. The topological polar surface area (TPSA) is 78.4 Å². The third kappa shape index (κ3) is 4.74. The Morgan fingerprint density at radius 2 is 1.43 bits per heavy atom. The Labute approximate surface area is 205 Å². The van der Waals surface area contributed by atoms with Crippen LogP contribution in [0.1, 0.15) is 48.1 Å². The number of aryl methyl sites for hydroxylation is 2. The van der Waals surface area contributed by atoms with Gasteiger partial charge in [-0.15, -0.1) is 0 Å². The van der Waals surface area contributed by atoms with Crippen LogP contribution in [0.25, 0.3) is 22.3 Å². The van der Waals surface area contributed by atoms with Crippen LogP contribution in [0, 0.1) is 13.8 Å². The van der Waals surface area contributed by atoms with Gasteiger partial charge in [-0.2, -0.15) is 0 Å². The van der Waals surface area contributed by atoms with E-state index >= 15 is 0 Å². The maximum Gasteiger partial charge on any atom is 0.306 e. The molecule has 0 aliphatic heterocycles. The highest BCUT2D eigenvalue weighted by Crippen LogP contribution is 2.52. The second kappa shape index (κ2) is 10.2. The normalized spacial score (nSPS) is 13.1. The van der Waals surface area contributed by atoms with Gasteiger partial charge in [0.2, 0.25) is 0 Å². The first-order valence-corrected chi connectivity index (χ1v) is 11.8. The van der Waals surface area contributed by atoms with Crippen molar-refractivity contribution >= 4 is 23.0 Å². The average molecular weight is 471 g/mol. The van der Waals surface area contributed by atoms with Crippen LogP contribution in [0.5, 0.6) is 0 Å². The molecular formula is C29H30N2O4. The molecule has 0 fully saturated rings. The molecule has 0 bridgehead atoms. The number of hydrogen-bond acceptors (Lipinski definition) is 6. The lowest BCUT2D eigenvalue weighted by atomic mass is 9.73. The third-order valence-corrected chi connectivity index (χ3v) is 6.67. The summed E-state index contributed by atoms with van der Waals surface area (Å²) in [4.78, 5) is 35.1. The number of rotatable bonds is 10. The molecule has 1 aliphatic carbocycles. The summed E-state index contributed by atoms with van der Waals surface area (Å²) >= 11 is 0. The van der Waals surface area contributed by atoms with Gasteiger partial charge < -0.3 is 9.47 Å². The van der Waals surface area contributed by atoms with Crippen LogP contribution in [0.4, 0.5) is 0 Å². The van der Waals surface area contributed by atoms with Crippen molar-refractivity contribution in [2.24, 2.45) is 0 Å². The van der Waals surface area contributed by atoms with E-state index in [1.807, 2.05) is 30.3 Å². The number of hydrogen-bond donors (Lipinski definition) is 0. The lowest BCUT2D eigenvalue weighted by Crippen LogP contribution is -2.29. The molecule has 4 rings (SSSR count). The van der Waals surface area contributed by atoms with Crippen molar-refractivity contribution in [2.45, 2.75) is 44.9 Å². The first-order valence-electron chi connectivity index (χ1n) is 11.8. The molecule has 180 valence electrons. The fraction of sp³-hybridized carbons (Fsp3) is 0.310. The van der Waals surface area contributed by atoms with Crippen molar-refractivity contribution in [3.63, 3.8) is 0 Å². The Morgan fingerprint density at radius 1 is 0.886 bits per heavy atom. The van der Waals surface area contributed by atoms with Gasteiger partial charge in [-0.3, -0.25) is 9.59 Å². The molecular weight excluding hydrogens is 440 g/mol. The highest BCUT2D eigenvalue weighted by Gasteiger charge is 2.46. The number of carbonyl (C=O) groups excluding carboxylic acids is 2. The maximum atomic E-state index is 12.5. The van der Waals surface area contributed by atoms with Crippen LogP contribution in [0.15, 0.2) is 61.7 Å². The molecule has 6 nitrogen and oxygen atoms in total. The van der Waals surface area contributed by atoms with Gasteiger partial charge in [0, 0.05) is 23.8 Å². The van der Waals surface area contributed by atoms with Crippen molar-refractivity contribution in [1.29, 1.82) is 0 Å². The Kier molecular flexibility index (Phi) is 7.10. The van der Waals surface area contributed by atoms with E-state index in [1.165, 1.54) is 0 Å². The molecule has 3 aromatic rings. The van der Waals surface area contributed by atoms with Gasteiger partial charge >= 0.3 is 11.9 Å². The van der Waals surface area contributed by atoms with E-state index < -0.39 is 5.41 Å². The van der Waals surface area contributed by atoms with E-state index in [2.05, 4.69) is 33.1 Å². The van der Waals surface area contributed by atoms with E-state index in [0.29, 0.717) is 12.8 Å². The third-order valence-electron chi connectivity index (χ3n) is 6.67. The van der Waals surface area contributed by atoms with E-state index in [1.54, 1.807) is 12.2 Å². The summed E-state index contributed by atoms with van der Waals surface area (Å²) in [6.07, 6.45) is 4.32. The zero-order chi connectivity index (χ0) is 25.0. The average Bonchev–Trinajstić information content (AvgIpc) is 3.12. The number of nitrogens with zero attached hydrogens (tertiary/aromatic N) is 2. The SMILES string of the molecule is C=CCOC(=O)CCC1(CCC(=O)OCC=C)c2ccccc2-c2nc3cc(C)c(C)cc3nc21. The van der Waals surface area contributed by atoms with Crippen LogP contribution < -0.4 is 0 Å². The molecule has 0 saturated heterocycles. The maximum absolute atomic E-state index is 12.5. The number of ether oxygens (including phenoxy) is 2. The van der Waals surface area contributed by atoms with Crippen LogP contribution >= 0.6 is 0 Å². The largest absolute Gasteiger partial charge is 0.461 e. The van der Waals surface area contributed by atoms with E-state index in [9.17, 15) is 9.59 Å². The molecule has 0 atom stereocenters. The highest BCUT2D eigenvalue weighted by atomic mass is 16.5. The van der Waals surface area contributed by atoms with E-state index in [4.69, 9.17) is 19.4 Å². The standard InChI is InChI=1S/C29H30N2O4/c1-5-15-34-25(32)11-13-29(14-12-26(33)35-16-6-2)22-10-8-7-9-21(22)27-28(29)31-24-18-20(4)19(3)17-23(24)30-27/h5-10,17-18H,1-2,11-16H2,3-4H3. The zero-order valence-electron chi connectivity index (χ0n) is 20.3. The molecule has 0 radical (unpaired) electrons. The quantitative estimate of drug-likeness (QED) is 0.286. The zero-order valence-corrected chi connectivity index (χ0v) is 20.3. The van der Waals surface area contributed by atoms with Crippen molar-refractivity contribution in [1.82, 2.24) is 9.97 Å². The van der Waals surface area contributed by atoms with Gasteiger partial charge in [0.15, 0.2) is 0 Å². The summed E-state index contributed by atoms with van der Waals surface area (Å²) in [6, 6.07) is 12.1. The molecule has 2 aromatic carbocycles. The van der Waals surface area contributed by atoms with Gasteiger partial charge in [0.25, 0.3) is 0 Å². The van der Waals surface area contributed by atoms with Crippen molar-refractivity contribution in [3.8, 4) is 11.3 Å². The van der Waals surface area contributed by atoms with Gasteiger partial charge in [0.05, 0.1) is 22.4 Å². The van der Waals surface area contributed by atoms with Gasteiger partial charge in [-0.1, -0.05) is 49.6 Å². The monoisotopic (exact) mass is 470 g/mol. The number of esters is 2.